The van der Waals surface area contributed by atoms with Gasteiger partial charge in [-0.3, -0.25) is 0 Å². The Morgan fingerprint density at radius 1 is 1.36 bits per heavy atom. The zero-order valence-corrected chi connectivity index (χ0v) is 9.77. The van der Waals surface area contributed by atoms with Gasteiger partial charge in [0.2, 0.25) is 0 Å². The predicted octanol–water partition coefficient (Wildman–Crippen LogP) is 2.94. The highest BCUT2D eigenvalue weighted by atomic mass is 35.5. The molecule has 3 heteroatoms. The molecule has 0 aromatic heterocycles. The third-order valence-corrected chi connectivity index (χ3v) is 3.59. The van der Waals surface area contributed by atoms with Crippen LogP contribution in [-0.4, -0.2) is 24.4 Å². The molecule has 0 N–H and O–H groups in total. The van der Waals surface area contributed by atoms with Gasteiger partial charge >= 0.3 is 0 Å². The number of hydrogen-bond acceptors (Lipinski definition) is 2. The lowest BCUT2D eigenvalue weighted by molar-refractivity contribution is -0.205. The quantitative estimate of drug-likeness (QED) is 0.630. The van der Waals surface area contributed by atoms with Crippen LogP contribution in [0.2, 0.25) is 0 Å². The van der Waals surface area contributed by atoms with Gasteiger partial charge in [0.1, 0.15) is 0 Å². The monoisotopic (exact) mass is 218 g/mol. The van der Waals surface area contributed by atoms with E-state index in [0.717, 1.165) is 12.8 Å². The second-order valence-electron chi connectivity index (χ2n) is 5.31. The Labute approximate surface area is 90.9 Å². The van der Waals surface area contributed by atoms with Crippen LogP contribution in [0.25, 0.3) is 0 Å². The molecule has 2 nitrogen and oxygen atoms in total. The number of rotatable bonds is 1. The summed E-state index contributed by atoms with van der Waals surface area (Å²) >= 11 is 5.78. The summed E-state index contributed by atoms with van der Waals surface area (Å²) < 4.78 is 11.7. The van der Waals surface area contributed by atoms with Crippen molar-refractivity contribution in [1.82, 2.24) is 0 Å². The van der Waals surface area contributed by atoms with Gasteiger partial charge in [-0.25, -0.2) is 0 Å². The molecule has 0 amide bonds. The molecule has 1 saturated heterocycles. The maximum atomic E-state index is 5.92. The smallest absolute Gasteiger partial charge is 0.169 e. The SMILES string of the molecule is CC1(C)CCCC2(C1)OCC(CCl)O2. The first-order valence-electron chi connectivity index (χ1n) is 5.43. The molecule has 1 aliphatic carbocycles. The summed E-state index contributed by atoms with van der Waals surface area (Å²) in [5.74, 6) is 0.240. The van der Waals surface area contributed by atoms with E-state index in [0.29, 0.717) is 17.9 Å². The van der Waals surface area contributed by atoms with E-state index in [2.05, 4.69) is 13.8 Å². The van der Waals surface area contributed by atoms with Crippen LogP contribution in [0.5, 0.6) is 0 Å². The highest BCUT2D eigenvalue weighted by Crippen LogP contribution is 2.46. The molecule has 0 aromatic rings. The van der Waals surface area contributed by atoms with Crippen LogP contribution in [0.3, 0.4) is 0 Å². The highest BCUT2D eigenvalue weighted by molar-refractivity contribution is 6.18. The fraction of sp³-hybridized carbons (Fsp3) is 1.00. The first-order valence-corrected chi connectivity index (χ1v) is 5.97. The van der Waals surface area contributed by atoms with Gasteiger partial charge in [-0.2, -0.15) is 0 Å². The summed E-state index contributed by atoms with van der Waals surface area (Å²) in [4.78, 5) is 0. The summed E-state index contributed by atoms with van der Waals surface area (Å²) in [6.07, 6.45) is 4.61. The van der Waals surface area contributed by atoms with Crippen molar-refractivity contribution in [3.8, 4) is 0 Å². The normalized spacial score (nSPS) is 41.8. The van der Waals surface area contributed by atoms with Gasteiger partial charge < -0.3 is 9.47 Å². The topological polar surface area (TPSA) is 18.5 Å². The molecular formula is C11H19ClO2. The molecule has 82 valence electrons. The molecule has 2 atom stereocenters. The van der Waals surface area contributed by atoms with Gasteiger partial charge in [0.25, 0.3) is 0 Å². The Balaban J connectivity index is 2.03. The van der Waals surface area contributed by atoms with E-state index < -0.39 is 0 Å². The number of alkyl halides is 1. The molecule has 2 fully saturated rings. The first kappa shape index (κ1) is 10.7. The van der Waals surface area contributed by atoms with Crippen LogP contribution in [0.1, 0.15) is 39.5 Å². The molecule has 2 aliphatic rings. The lowest BCUT2D eigenvalue weighted by atomic mass is 9.74. The summed E-state index contributed by atoms with van der Waals surface area (Å²) in [5, 5.41) is 0. The summed E-state index contributed by atoms with van der Waals surface area (Å²) in [6, 6.07) is 0. The van der Waals surface area contributed by atoms with Crippen molar-refractivity contribution >= 4 is 11.6 Å². The van der Waals surface area contributed by atoms with Crippen molar-refractivity contribution in [3.05, 3.63) is 0 Å². The van der Waals surface area contributed by atoms with Crippen molar-refractivity contribution < 1.29 is 9.47 Å². The third-order valence-electron chi connectivity index (χ3n) is 3.24. The maximum Gasteiger partial charge on any atom is 0.169 e. The van der Waals surface area contributed by atoms with Gasteiger partial charge in [0.15, 0.2) is 5.79 Å². The van der Waals surface area contributed by atoms with Crippen molar-refractivity contribution in [3.63, 3.8) is 0 Å². The molecule has 2 rings (SSSR count). The van der Waals surface area contributed by atoms with E-state index in [1.54, 1.807) is 0 Å². The van der Waals surface area contributed by atoms with E-state index in [4.69, 9.17) is 21.1 Å². The van der Waals surface area contributed by atoms with Crippen molar-refractivity contribution in [2.24, 2.45) is 5.41 Å². The van der Waals surface area contributed by atoms with E-state index in [1.807, 2.05) is 0 Å². The molecule has 1 saturated carbocycles. The molecule has 1 spiro atoms. The van der Waals surface area contributed by atoms with Gasteiger partial charge in [-0.1, -0.05) is 13.8 Å². The number of hydrogen-bond donors (Lipinski definition) is 0. The predicted molar refractivity (Wildman–Crippen MR) is 56.5 cm³/mol. The van der Waals surface area contributed by atoms with Crippen LogP contribution >= 0.6 is 11.6 Å². The van der Waals surface area contributed by atoms with Gasteiger partial charge in [-0.15, -0.1) is 11.6 Å². The molecule has 0 radical (unpaired) electrons. The van der Waals surface area contributed by atoms with Crippen LogP contribution < -0.4 is 0 Å². The van der Waals surface area contributed by atoms with Crippen LogP contribution in [0.15, 0.2) is 0 Å². The lowest BCUT2D eigenvalue weighted by Crippen LogP contribution is -2.40. The molecule has 1 heterocycles. The molecule has 0 bridgehead atoms. The maximum absolute atomic E-state index is 5.92. The fourth-order valence-electron chi connectivity index (χ4n) is 2.66. The second kappa shape index (κ2) is 3.66. The Morgan fingerprint density at radius 2 is 2.14 bits per heavy atom. The zero-order chi connectivity index (χ0) is 10.2. The minimum absolute atomic E-state index is 0.102. The largest absolute Gasteiger partial charge is 0.347 e. The minimum atomic E-state index is -0.304. The standard InChI is InChI=1S/C11H19ClO2/c1-10(2)4-3-5-11(8-10)13-7-9(6-12)14-11/h9H,3-8H2,1-2H3. The van der Waals surface area contributed by atoms with Crippen molar-refractivity contribution in [2.75, 3.05) is 12.5 Å². The van der Waals surface area contributed by atoms with Crippen LogP contribution in [0, 0.1) is 5.41 Å². The summed E-state index contributed by atoms with van der Waals surface area (Å²) in [6.45, 7) is 5.24. The molecule has 14 heavy (non-hydrogen) atoms. The van der Waals surface area contributed by atoms with E-state index in [-0.39, 0.29) is 11.9 Å². The number of ether oxygens (including phenoxy) is 2. The van der Waals surface area contributed by atoms with Crippen LogP contribution in [-0.2, 0) is 9.47 Å². The van der Waals surface area contributed by atoms with E-state index in [9.17, 15) is 0 Å². The van der Waals surface area contributed by atoms with Gasteiger partial charge in [0.05, 0.1) is 18.6 Å². The lowest BCUT2D eigenvalue weighted by Gasteiger charge is -2.41. The number of halogens is 1. The van der Waals surface area contributed by atoms with Crippen molar-refractivity contribution in [2.45, 2.75) is 51.4 Å². The van der Waals surface area contributed by atoms with Crippen molar-refractivity contribution in [1.29, 1.82) is 0 Å². The fourth-order valence-corrected chi connectivity index (χ4v) is 2.81. The van der Waals surface area contributed by atoms with Gasteiger partial charge in [-0.05, 0) is 18.3 Å². The highest BCUT2D eigenvalue weighted by Gasteiger charge is 2.47. The third kappa shape index (κ3) is 2.07. The zero-order valence-electron chi connectivity index (χ0n) is 9.01. The Hall–Kier alpha value is 0.210. The Kier molecular flexibility index (Phi) is 2.80. The summed E-state index contributed by atoms with van der Waals surface area (Å²) in [7, 11) is 0. The second-order valence-corrected chi connectivity index (χ2v) is 5.62. The molecule has 1 aliphatic heterocycles. The average Bonchev–Trinajstić information content (AvgIpc) is 2.46. The molecule has 0 aromatic carbocycles. The first-order chi connectivity index (χ1) is 6.55. The Bertz CT molecular complexity index is 217. The van der Waals surface area contributed by atoms with Crippen LogP contribution in [0.4, 0.5) is 0 Å². The van der Waals surface area contributed by atoms with E-state index in [1.165, 1.54) is 12.8 Å². The van der Waals surface area contributed by atoms with Gasteiger partial charge in [0, 0.05) is 12.8 Å². The average molecular weight is 219 g/mol. The molecule has 2 unspecified atom stereocenters. The minimum Gasteiger partial charge on any atom is -0.347 e. The summed E-state index contributed by atoms with van der Waals surface area (Å²) in [5.41, 5.74) is 0.347. The van der Waals surface area contributed by atoms with E-state index >= 15 is 0 Å². The Morgan fingerprint density at radius 3 is 2.71 bits per heavy atom. The molecular weight excluding hydrogens is 200 g/mol.